The molecule has 0 saturated heterocycles. The van der Waals surface area contributed by atoms with Gasteiger partial charge in [0.05, 0.1) is 13.1 Å². The summed E-state index contributed by atoms with van der Waals surface area (Å²) in [5, 5.41) is 7.22. The number of halogens is 4. The molecule has 1 aromatic carbocycles. The second kappa shape index (κ2) is 9.54. The quantitative estimate of drug-likeness (QED) is 0.418. The first-order chi connectivity index (χ1) is 12.8. The van der Waals surface area contributed by atoms with Crippen molar-refractivity contribution in [3.05, 3.63) is 46.2 Å². The Morgan fingerprint density at radius 2 is 2.11 bits per heavy atom. The van der Waals surface area contributed by atoms with Crippen LogP contribution in [0.15, 0.2) is 34.6 Å². The molecular weight excluding hydrogens is 384 g/mol. The first-order valence-corrected chi connectivity index (χ1v) is 9.08. The van der Waals surface area contributed by atoms with Gasteiger partial charge in [0, 0.05) is 18.5 Å². The Morgan fingerprint density at radius 1 is 1.33 bits per heavy atom. The average Bonchev–Trinajstić information content (AvgIpc) is 3.10. The minimum absolute atomic E-state index is 0.113. The van der Waals surface area contributed by atoms with Crippen molar-refractivity contribution < 1.29 is 22.3 Å². The highest BCUT2D eigenvalue weighted by Crippen LogP contribution is 2.29. The van der Waals surface area contributed by atoms with Gasteiger partial charge in [-0.3, -0.25) is 4.99 Å². The maximum Gasteiger partial charge on any atom is 0.434 e. The summed E-state index contributed by atoms with van der Waals surface area (Å²) in [4.78, 5) is 7.57. The molecule has 0 fully saturated rings. The molecule has 0 aliphatic heterocycles. The first kappa shape index (κ1) is 20.9. The van der Waals surface area contributed by atoms with Crippen molar-refractivity contribution in [2.24, 2.45) is 4.99 Å². The van der Waals surface area contributed by atoms with Crippen LogP contribution in [0.1, 0.15) is 24.0 Å². The fourth-order valence-electron chi connectivity index (χ4n) is 2.11. The molecule has 2 aromatic rings. The van der Waals surface area contributed by atoms with E-state index in [0.29, 0.717) is 29.7 Å². The second-order valence-electron chi connectivity index (χ2n) is 5.54. The molecule has 148 valence electrons. The number of ether oxygens (including phenoxy) is 1. The standard InChI is InChI=1S/C17H20F4N4OS/c1-3-12(26-13-6-4-5-11(18)7-13)8-23-16(22-2)24-9-15-25-14(10-27-15)17(19,20)21/h4-7,10,12H,3,8-9H2,1-2H3,(H2,22,23,24). The van der Waals surface area contributed by atoms with Gasteiger partial charge in [0.15, 0.2) is 11.7 Å². The van der Waals surface area contributed by atoms with E-state index in [9.17, 15) is 17.6 Å². The molecule has 1 heterocycles. The molecule has 27 heavy (non-hydrogen) atoms. The molecule has 0 aliphatic rings. The summed E-state index contributed by atoms with van der Waals surface area (Å²) in [6.07, 6.45) is -4.01. The maximum atomic E-state index is 13.2. The third-order valence-corrected chi connectivity index (χ3v) is 4.37. The van der Waals surface area contributed by atoms with Crippen molar-refractivity contribution in [1.82, 2.24) is 15.6 Å². The number of nitrogens with zero attached hydrogens (tertiary/aromatic N) is 2. The summed E-state index contributed by atoms with van der Waals surface area (Å²) < 4.78 is 56.7. The number of hydrogen-bond acceptors (Lipinski definition) is 4. The molecule has 0 spiro atoms. The van der Waals surface area contributed by atoms with E-state index in [1.54, 1.807) is 19.2 Å². The molecule has 5 nitrogen and oxygen atoms in total. The molecule has 1 unspecified atom stereocenters. The van der Waals surface area contributed by atoms with Crippen LogP contribution < -0.4 is 15.4 Å². The van der Waals surface area contributed by atoms with Crippen LogP contribution in [0.4, 0.5) is 17.6 Å². The normalized spacial score (nSPS) is 13.3. The van der Waals surface area contributed by atoms with Gasteiger partial charge in [-0.1, -0.05) is 13.0 Å². The highest BCUT2D eigenvalue weighted by atomic mass is 32.1. The van der Waals surface area contributed by atoms with E-state index in [-0.39, 0.29) is 18.5 Å². The van der Waals surface area contributed by atoms with Gasteiger partial charge in [-0.15, -0.1) is 11.3 Å². The van der Waals surface area contributed by atoms with E-state index in [1.807, 2.05) is 6.92 Å². The van der Waals surface area contributed by atoms with E-state index in [1.165, 1.54) is 12.1 Å². The fourth-order valence-corrected chi connectivity index (χ4v) is 2.86. The van der Waals surface area contributed by atoms with Crippen molar-refractivity contribution in [3.63, 3.8) is 0 Å². The van der Waals surface area contributed by atoms with Crippen molar-refractivity contribution in [1.29, 1.82) is 0 Å². The molecule has 0 saturated carbocycles. The number of thiazole rings is 1. The van der Waals surface area contributed by atoms with Crippen LogP contribution in [0.25, 0.3) is 0 Å². The molecule has 1 atom stereocenters. The maximum absolute atomic E-state index is 13.2. The van der Waals surface area contributed by atoms with Gasteiger partial charge in [-0.25, -0.2) is 9.37 Å². The van der Waals surface area contributed by atoms with Crippen LogP contribution in [-0.2, 0) is 12.7 Å². The Morgan fingerprint density at radius 3 is 2.70 bits per heavy atom. The van der Waals surface area contributed by atoms with E-state index in [0.717, 1.165) is 16.7 Å². The SMILES string of the molecule is CCC(CNC(=NC)NCc1nc(C(F)(F)F)cs1)Oc1cccc(F)c1. The number of hydrogen-bond donors (Lipinski definition) is 2. The van der Waals surface area contributed by atoms with Gasteiger partial charge in [0.25, 0.3) is 0 Å². The number of rotatable bonds is 7. The zero-order valence-corrected chi connectivity index (χ0v) is 15.6. The van der Waals surface area contributed by atoms with E-state index in [2.05, 4.69) is 20.6 Å². The summed E-state index contributed by atoms with van der Waals surface area (Å²) in [6, 6.07) is 5.87. The number of guanidine groups is 1. The Bertz CT molecular complexity index is 763. The van der Waals surface area contributed by atoms with Crippen LogP contribution >= 0.6 is 11.3 Å². The van der Waals surface area contributed by atoms with E-state index >= 15 is 0 Å². The van der Waals surface area contributed by atoms with Crippen molar-refractivity contribution >= 4 is 17.3 Å². The van der Waals surface area contributed by atoms with Gasteiger partial charge in [0.1, 0.15) is 22.7 Å². The topological polar surface area (TPSA) is 58.5 Å². The first-order valence-electron chi connectivity index (χ1n) is 8.20. The molecule has 0 aliphatic carbocycles. The lowest BCUT2D eigenvalue weighted by Crippen LogP contribution is -2.42. The van der Waals surface area contributed by atoms with Crippen LogP contribution in [0, 0.1) is 5.82 Å². The lowest BCUT2D eigenvalue weighted by Gasteiger charge is -2.19. The van der Waals surface area contributed by atoms with Gasteiger partial charge in [0.2, 0.25) is 0 Å². The fraction of sp³-hybridized carbons (Fsp3) is 0.412. The van der Waals surface area contributed by atoms with Crippen LogP contribution in [-0.4, -0.2) is 30.6 Å². The molecule has 0 amide bonds. The molecule has 10 heteroatoms. The summed E-state index contributed by atoms with van der Waals surface area (Å²) >= 11 is 0.924. The molecule has 1 aromatic heterocycles. The third kappa shape index (κ3) is 6.70. The minimum Gasteiger partial charge on any atom is -0.489 e. The Hall–Kier alpha value is -2.36. The number of alkyl halides is 3. The zero-order valence-electron chi connectivity index (χ0n) is 14.8. The Balaban J connectivity index is 1.84. The predicted octanol–water partition coefficient (Wildman–Crippen LogP) is 3.82. The molecule has 0 radical (unpaired) electrons. The average molecular weight is 404 g/mol. The van der Waals surface area contributed by atoms with Crippen molar-refractivity contribution in [2.75, 3.05) is 13.6 Å². The summed E-state index contributed by atoms with van der Waals surface area (Å²) in [7, 11) is 1.55. The molecular formula is C17H20F4N4OS. The van der Waals surface area contributed by atoms with Crippen molar-refractivity contribution in [3.8, 4) is 5.75 Å². The van der Waals surface area contributed by atoms with Gasteiger partial charge < -0.3 is 15.4 Å². The van der Waals surface area contributed by atoms with Crippen molar-refractivity contribution in [2.45, 2.75) is 32.2 Å². The van der Waals surface area contributed by atoms with Gasteiger partial charge in [-0.2, -0.15) is 13.2 Å². The third-order valence-electron chi connectivity index (χ3n) is 3.52. The van der Waals surface area contributed by atoms with Crippen LogP contribution in [0.2, 0.25) is 0 Å². The smallest absolute Gasteiger partial charge is 0.434 e. The summed E-state index contributed by atoms with van der Waals surface area (Å²) in [5.41, 5.74) is -0.901. The highest BCUT2D eigenvalue weighted by Gasteiger charge is 2.33. The van der Waals surface area contributed by atoms with Gasteiger partial charge >= 0.3 is 6.18 Å². The Kier molecular flexibility index (Phi) is 7.40. The number of benzene rings is 1. The predicted molar refractivity (Wildman–Crippen MR) is 96.4 cm³/mol. The number of nitrogens with one attached hydrogen (secondary N) is 2. The summed E-state index contributed by atoms with van der Waals surface area (Å²) in [5.74, 6) is 0.448. The second-order valence-corrected chi connectivity index (χ2v) is 6.48. The molecule has 2 rings (SSSR count). The largest absolute Gasteiger partial charge is 0.489 e. The molecule has 0 bridgehead atoms. The molecule has 2 N–H and O–H groups in total. The van der Waals surface area contributed by atoms with Crippen LogP contribution in [0.3, 0.4) is 0 Å². The Labute approximate surface area is 158 Å². The van der Waals surface area contributed by atoms with E-state index < -0.39 is 11.9 Å². The monoisotopic (exact) mass is 404 g/mol. The van der Waals surface area contributed by atoms with Gasteiger partial charge in [-0.05, 0) is 18.6 Å². The number of aromatic nitrogens is 1. The zero-order chi connectivity index (χ0) is 19.9. The summed E-state index contributed by atoms with van der Waals surface area (Å²) in [6.45, 7) is 2.43. The lowest BCUT2D eigenvalue weighted by molar-refractivity contribution is -0.140. The number of aliphatic imine (C=N–C) groups is 1. The lowest BCUT2D eigenvalue weighted by atomic mass is 10.2. The highest BCUT2D eigenvalue weighted by molar-refractivity contribution is 7.09. The van der Waals surface area contributed by atoms with Crippen LogP contribution in [0.5, 0.6) is 5.75 Å². The minimum atomic E-state index is -4.45. The van der Waals surface area contributed by atoms with E-state index in [4.69, 9.17) is 4.74 Å².